The quantitative estimate of drug-likeness (QED) is 0.447. The first kappa shape index (κ1) is 19.3. The molecule has 0 aliphatic carbocycles. The molecule has 1 aliphatic heterocycles. The fraction of sp³-hybridized carbons (Fsp3) is 0.421. The predicted octanol–water partition coefficient (Wildman–Crippen LogP) is 2.45. The van der Waals surface area contributed by atoms with Gasteiger partial charge in [-0.1, -0.05) is 12.1 Å². The van der Waals surface area contributed by atoms with Crippen LogP contribution in [0.1, 0.15) is 18.2 Å². The van der Waals surface area contributed by atoms with Gasteiger partial charge in [0.05, 0.1) is 24.9 Å². The van der Waals surface area contributed by atoms with Gasteiger partial charge in [0.25, 0.3) is 0 Å². The molecule has 0 unspecified atom stereocenters. The Labute approximate surface area is 163 Å². The first-order valence-electron chi connectivity index (χ1n) is 9.06. The van der Waals surface area contributed by atoms with Gasteiger partial charge in [0.1, 0.15) is 0 Å². The van der Waals surface area contributed by atoms with E-state index >= 15 is 0 Å². The summed E-state index contributed by atoms with van der Waals surface area (Å²) < 4.78 is 4.92. The lowest BCUT2D eigenvalue weighted by Crippen LogP contribution is -2.44. The molecule has 0 radical (unpaired) electrons. The van der Waals surface area contributed by atoms with Crippen LogP contribution in [0.4, 0.5) is 10.8 Å². The van der Waals surface area contributed by atoms with Gasteiger partial charge in [0.2, 0.25) is 5.13 Å². The van der Waals surface area contributed by atoms with Crippen LogP contribution in [-0.4, -0.2) is 61.9 Å². The Morgan fingerprint density at radius 3 is 2.74 bits per heavy atom. The Hall–Kier alpha value is -2.45. The highest BCUT2D eigenvalue weighted by molar-refractivity contribution is 7.13. The molecule has 1 N–H and O–H groups in total. The molecule has 0 atom stereocenters. The summed E-state index contributed by atoms with van der Waals surface area (Å²) >= 11 is 1.41. The summed E-state index contributed by atoms with van der Waals surface area (Å²) in [5, 5.41) is 6.71. The number of carbonyl (C=O) groups is 1. The van der Waals surface area contributed by atoms with Gasteiger partial charge in [0.15, 0.2) is 0 Å². The third-order valence-electron chi connectivity index (χ3n) is 4.32. The van der Waals surface area contributed by atoms with Gasteiger partial charge in [-0.15, -0.1) is 11.3 Å². The summed E-state index contributed by atoms with van der Waals surface area (Å²) in [5.41, 5.74) is 5.86. The van der Waals surface area contributed by atoms with E-state index < -0.39 is 0 Å². The number of thiazole rings is 1. The molecule has 1 saturated heterocycles. The number of rotatable bonds is 7. The summed E-state index contributed by atoms with van der Waals surface area (Å²) in [6.45, 7) is 6.48. The zero-order chi connectivity index (χ0) is 19.1. The fourth-order valence-corrected chi connectivity index (χ4v) is 3.46. The molecule has 1 aromatic heterocycles. The topological polar surface area (TPSA) is 70.1 Å². The van der Waals surface area contributed by atoms with Gasteiger partial charge in [-0.2, -0.15) is 5.10 Å². The van der Waals surface area contributed by atoms with Gasteiger partial charge in [-0.3, -0.25) is 10.2 Å². The molecular formula is C19H25N5O2S. The number of nitrogens with zero attached hydrogens (tertiary/aromatic N) is 4. The molecule has 1 aliphatic rings. The monoisotopic (exact) mass is 387 g/mol. The second-order valence-corrected chi connectivity index (χ2v) is 7.24. The first-order valence-corrected chi connectivity index (χ1v) is 9.94. The normalized spacial score (nSPS) is 15.3. The minimum atomic E-state index is -0.265. The number of benzene rings is 1. The van der Waals surface area contributed by atoms with Crippen molar-refractivity contribution in [1.29, 1.82) is 0 Å². The van der Waals surface area contributed by atoms with Crippen LogP contribution in [0.25, 0.3) is 0 Å². The summed E-state index contributed by atoms with van der Waals surface area (Å²) in [5.74, 6) is -0.265. The lowest BCUT2D eigenvalue weighted by Gasteiger charge is -2.34. The predicted molar refractivity (Wildman–Crippen MR) is 110 cm³/mol. The van der Waals surface area contributed by atoms with E-state index in [2.05, 4.69) is 56.6 Å². The average Bonchev–Trinajstić information content (AvgIpc) is 3.10. The highest BCUT2D eigenvalue weighted by Gasteiger charge is 2.13. The molecule has 0 amide bonds. The lowest BCUT2D eigenvalue weighted by molar-refractivity contribution is -0.142. The largest absolute Gasteiger partial charge is 0.466 e. The number of hydrogen-bond acceptors (Lipinski definition) is 8. The number of hydrogen-bond donors (Lipinski definition) is 1. The molecule has 7 nitrogen and oxygen atoms in total. The van der Waals surface area contributed by atoms with E-state index in [0.717, 1.165) is 31.7 Å². The molecule has 27 heavy (non-hydrogen) atoms. The summed E-state index contributed by atoms with van der Waals surface area (Å²) in [6, 6.07) is 8.39. The zero-order valence-electron chi connectivity index (χ0n) is 15.7. The van der Waals surface area contributed by atoms with Crippen molar-refractivity contribution < 1.29 is 9.53 Å². The molecule has 0 saturated carbocycles. The number of piperazine rings is 1. The lowest BCUT2D eigenvalue weighted by atomic mass is 10.2. The van der Waals surface area contributed by atoms with E-state index in [0.29, 0.717) is 17.4 Å². The van der Waals surface area contributed by atoms with Crippen LogP contribution in [0.2, 0.25) is 0 Å². The molecule has 0 bridgehead atoms. The number of likely N-dealkylation sites (N-methyl/N-ethyl adjacent to an activating group) is 1. The molecule has 0 spiro atoms. The number of hydrazone groups is 1. The van der Waals surface area contributed by atoms with Crippen molar-refractivity contribution in [3.63, 3.8) is 0 Å². The second-order valence-electron chi connectivity index (χ2n) is 6.38. The van der Waals surface area contributed by atoms with E-state index in [1.54, 1.807) is 13.1 Å². The summed E-state index contributed by atoms with van der Waals surface area (Å²) in [4.78, 5) is 20.5. The summed E-state index contributed by atoms with van der Waals surface area (Å²) in [7, 11) is 2.16. The Kier molecular flexibility index (Phi) is 6.78. The highest BCUT2D eigenvalue weighted by Crippen LogP contribution is 2.18. The maximum atomic E-state index is 11.5. The van der Waals surface area contributed by atoms with Gasteiger partial charge in [-0.25, -0.2) is 4.98 Å². The minimum absolute atomic E-state index is 0.184. The smallest absolute Gasteiger partial charge is 0.311 e. The van der Waals surface area contributed by atoms with Crippen LogP contribution in [0, 0.1) is 0 Å². The van der Waals surface area contributed by atoms with Crippen LogP contribution in [0.3, 0.4) is 0 Å². The second kappa shape index (κ2) is 9.48. The van der Waals surface area contributed by atoms with Crippen molar-refractivity contribution in [3.05, 3.63) is 40.9 Å². The van der Waals surface area contributed by atoms with Crippen molar-refractivity contribution in [2.45, 2.75) is 13.3 Å². The van der Waals surface area contributed by atoms with Crippen molar-refractivity contribution in [3.8, 4) is 0 Å². The van der Waals surface area contributed by atoms with E-state index in [4.69, 9.17) is 4.74 Å². The third-order valence-corrected chi connectivity index (χ3v) is 5.11. The number of anilines is 2. The number of nitrogens with one attached hydrogen (secondary N) is 1. The number of aromatic nitrogens is 1. The Morgan fingerprint density at radius 1 is 1.30 bits per heavy atom. The SMILES string of the molecule is CCOC(=O)Cc1csc(NN=Cc2ccc(N3CCN(C)CC3)cc2)n1. The molecule has 144 valence electrons. The van der Waals surface area contributed by atoms with Crippen LogP contribution >= 0.6 is 11.3 Å². The van der Waals surface area contributed by atoms with E-state index in [1.165, 1.54) is 17.0 Å². The minimum Gasteiger partial charge on any atom is -0.466 e. The number of ether oxygens (including phenoxy) is 1. The molecule has 8 heteroatoms. The van der Waals surface area contributed by atoms with Crippen molar-refractivity contribution in [2.75, 3.05) is 50.2 Å². The van der Waals surface area contributed by atoms with Crippen LogP contribution in [-0.2, 0) is 16.0 Å². The van der Waals surface area contributed by atoms with E-state index in [9.17, 15) is 4.79 Å². The third kappa shape index (κ3) is 5.77. The van der Waals surface area contributed by atoms with Gasteiger partial charge >= 0.3 is 5.97 Å². The van der Waals surface area contributed by atoms with Crippen LogP contribution < -0.4 is 10.3 Å². The molecule has 2 aromatic rings. The average molecular weight is 388 g/mol. The van der Waals surface area contributed by atoms with Crippen molar-refractivity contribution in [1.82, 2.24) is 9.88 Å². The molecule has 1 fully saturated rings. The van der Waals surface area contributed by atoms with E-state index in [-0.39, 0.29) is 12.4 Å². The standard InChI is InChI=1S/C19H25N5O2S/c1-3-26-18(25)12-16-14-27-19(21-16)22-20-13-15-4-6-17(7-5-15)24-10-8-23(2)9-11-24/h4-7,13-14H,3,8-12H2,1-2H3,(H,21,22). The van der Waals surface area contributed by atoms with Gasteiger partial charge < -0.3 is 14.5 Å². The van der Waals surface area contributed by atoms with Crippen LogP contribution in [0.15, 0.2) is 34.7 Å². The van der Waals surface area contributed by atoms with Crippen LogP contribution in [0.5, 0.6) is 0 Å². The molecule has 3 rings (SSSR count). The molecule has 1 aromatic carbocycles. The highest BCUT2D eigenvalue weighted by atomic mass is 32.1. The Balaban J connectivity index is 1.50. The molecular weight excluding hydrogens is 362 g/mol. The maximum absolute atomic E-state index is 11.5. The van der Waals surface area contributed by atoms with Crippen molar-refractivity contribution in [2.24, 2.45) is 5.10 Å². The van der Waals surface area contributed by atoms with Gasteiger partial charge in [-0.05, 0) is 31.7 Å². The number of carbonyl (C=O) groups excluding carboxylic acids is 1. The van der Waals surface area contributed by atoms with Gasteiger partial charge in [0, 0.05) is 37.2 Å². The van der Waals surface area contributed by atoms with E-state index in [1.807, 2.05) is 5.38 Å². The van der Waals surface area contributed by atoms with Crippen molar-refractivity contribution >= 4 is 34.3 Å². The number of esters is 1. The fourth-order valence-electron chi connectivity index (χ4n) is 2.80. The summed E-state index contributed by atoms with van der Waals surface area (Å²) in [6.07, 6.45) is 1.95. The Morgan fingerprint density at radius 2 is 2.04 bits per heavy atom. The first-order chi connectivity index (χ1) is 13.1. The Bertz CT molecular complexity index is 767. The molecule has 2 heterocycles. The maximum Gasteiger partial charge on any atom is 0.311 e. The zero-order valence-corrected chi connectivity index (χ0v) is 16.5.